The van der Waals surface area contributed by atoms with E-state index in [1.807, 2.05) is 43.3 Å². The standard InChI is InChI=1S/C20H22ClN3O3S/c1-14(15-8-10-16(21)11-9-15)23(2)20(25)12-24-18-7-5-4-6-17(18)22-19(24)13-28(3,26)27/h4-11,14H,12-13H2,1-3H3. The molecule has 0 N–H and O–H groups in total. The Morgan fingerprint density at radius 3 is 2.46 bits per heavy atom. The lowest BCUT2D eigenvalue weighted by Gasteiger charge is -2.26. The average molecular weight is 420 g/mol. The van der Waals surface area contributed by atoms with E-state index < -0.39 is 9.84 Å². The maximum atomic E-state index is 13.0. The molecule has 3 aromatic rings. The van der Waals surface area contributed by atoms with Gasteiger partial charge in [0.1, 0.15) is 18.1 Å². The van der Waals surface area contributed by atoms with Crippen molar-refractivity contribution in [1.29, 1.82) is 0 Å². The molecule has 6 nitrogen and oxygen atoms in total. The third-order valence-electron chi connectivity index (χ3n) is 4.75. The van der Waals surface area contributed by atoms with Crippen LogP contribution in [0.2, 0.25) is 5.02 Å². The van der Waals surface area contributed by atoms with Crippen LogP contribution in [0.3, 0.4) is 0 Å². The van der Waals surface area contributed by atoms with Crippen LogP contribution in [-0.2, 0) is 26.9 Å². The van der Waals surface area contributed by atoms with Gasteiger partial charge < -0.3 is 9.47 Å². The molecule has 0 aliphatic rings. The summed E-state index contributed by atoms with van der Waals surface area (Å²) < 4.78 is 25.3. The van der Waals surface area contributed by atoms with Gasteiger partial charge in [0.15, 0.2) is 9.84 Å². The number of para-hydroxylation sites is 2. The summed E-state index contributed by atoms with van der Waals surface area (Å²) in [6, 6.07) is 14.5. The number of aromatic nitrogens is 2. The number of hydrogen-bond acceptors (Lipinski definition) is 4. The zero-order chi connectivity index (χ0) is 20.5. The Labute approximate surface area is 169 Å². The van der Waals surface area contributed by atoms with Crippen LogP contribution in [-0.4, -0.2) is 42.1 Å². The van der Waals surface area contributed by atoms with Gasteiger partial charge in [-0.25, -0.2) is 13.4 Å². The Bertz CT molecular complexity index is 1110. The minimum absolute atomic E-state index is 0.0137. The largest absolute Gasteiger partial charge is 0.337 e. The molecule has 0 fully saturated rings. The number of halogens is 1. The zero-order valence-corrected chi connectivity index (χ0v) is 17.5. The van der Waals surface area contributed by atoms with Crippen molar-refractivity contribution >= 4 is 38.4 Å². The smallest absolute Gasteiger partial charge is 0.242 e. The normalized spacial score (nSPS) is 12.9. The number of nitrogens with zero attached hydrogens (tertiary/aromatic N) is 3. The van der Waals surface area contributed by atoms with Crippen molar-refractivity contribution in [2.45, 2.75) is 25.3 Å². The Kier molecular flexibility index (Phi) is 5.76. The fourth-order valence-electron chi connectivity index (χ4n) is 3.07. The van der Waals surface area contributed by atoms with Crippen LogP contribution < -0.4 is 0 Å². The number of carbonyl (C=O) groups excluding carboxylic acids is 1. The second kappa shape index (κ2) is 7.93. The van der Waals surface area contributed by atoms with E-state index in [1.54, 1.807) is 28.6 Å². The van der Waals surface area contributed by atoms with Crippen molar-refractivity contribution in [1.82, 2.24) is 14.5 Å². The average Bonchev–Trinajstić information content (AvgIpc) is 2.96. The second-order valence-electron chi connectivity index (χ2n) is 6.91. The molecule has 1 heterocycles. The third-order valence-corrected chi connectivity index (χ3v) is 5.78. The maximum Gasteiger partial charge on any atom is 0.242 e. The third kappa shape index (κ3) is 4.54. The molecule has 2 aromatic carbocycles. The number of sulfone groups is 1. The van der Waals surface area contributed by atoms with Gasteiger partial charge >= 0.3 is 0 Å². The van der Waals surface area contributed by atoms with E-state index in [0.717, 1.165) is 17.3 Å². The van der Waals surface area contributed by atoms with E-state index in [1.165, 1.54) is 0 Å². The molecule has 0 spiro atoms. The Balaban J connectivity index is 1.89. The van der Waals surface area contributed by atoms with Crippen LogP contribution in [0.25, 0.3) is 11.0 Å². The van der Waals surface area contributed by atoms with Gasteiger partial charge in [0, 0.05) is 18.3 Å². The molecule has 28 heavy (non-hydrogen) atoms. The SMILES string of the molecule is CC(c1ccc(Cl)cc1)N(C)C(=O)Cn1c(CS(C)(=O)=O)nc2ccccc21. The van der Waals surface area contributed by atoms with Gasteiger partial charge in [0.2, 0.25) is 5.91 Å². The minimum Gasteiger partial charge on any atom is -0.337 e. The highest BCUT2D eigenvalue weighted by Gasteiger charge is 2.21. The van der Waals surface area contributed by atoms with Crippen LogP contribution in [0.4, 0.5) is 0 Å². The molecule has 0 saturated carbocycles. The number of fused-ring (bicyclic) bond motifs is 1. The van der Waals surface area contributed by atoms with E-state index in [9.17, 15) is 13.2 Å². The lowest BCUT2D eigenvalue weighted by molar-refractivity contribution is -0.132. The van der Waals surface area contributed by atoms with Gasteiger partial charge in [-0.15, -0.1) is 0 Å². The highest BCUT2D eigenvalue weighted by Crippen LogP contribution is 2.23. The number of carbonyl (C=O) groups is 1. The lowest BCUT2D eigenvalue weighted by atomic mass is 10.1. The Hall–Kier alpha value is -2.38. The fraction of sp³-hybridized carbons (Fsp3) is 0.300. The topological polar surface area (TPSA) is 72.3 Å². The molecule has 0 aliphatic carbocycles. The van der Waals surface area contributed by atoms with Crippen molar-refractivity contribution in [3.8, 4) is 0 Å². The number of benzene rings is 2. The van der Waals surface area contributed by atoms with Gasteiger partial charge in [0.25, 0.3) is 0 Å². The summed E-state index contributed by atoms with van der Waals surface area (Å²) in [4.78, 5) is 19.0. The molecule has 0 saturated heterocycles. The predicted octanol–water partition coefficient (Wildman–Crippen LogP) is 3.45. The maximum absolute atomic E-state index is 13.0. The highest BCUT2D eigenvalue weighted by molar-refractivity contribution is 7.89. The van der Waals surface area contributed by atoms with Crippen LogP contribution in [0.5, 0.6) is 0 Å². The first kappa shape index (κ1) is 20.4. The lowest BCUT2D eigenvalue weighted by Crippen LogP contribution is -2.33. The van der Waals surface area contributed by atoms with Crippen molar-refractivity contribution in [3.05, 3.63) is 64.9 Å². The summed E-state index contributed by atoms with van der Waals surface area (Å²) >= 11 is 5.94. The Morgan fingerprint density at radius 1 is 1.18 bits per heavy atom. The van der Waals surface area contributed by atoms with Gasteiger partial charge in [-0.3, -0.25) is 4.79 Å². The monoisotopic (exact) mass is 419 g/mol. The summed E-state index contributed by atoms with van der Waals surface area (Å²) in [6.07, 6.45) is 1.16. The van der Waals surface area contributed by atoms with Crippen molar-refractivity contribution in [3.63, 3.8) is 0 Å². The summed E-state index contributed by atoms with van der Waals surface area (Å²) in [5, 5.41) is 0.639. The van der Waals surface area contributed by atoms with Gasteiger partial charge in [0.05, 0.1) is 17.1 Å². The Morgan fingerprint density at radius 2 is 1.82 bits per heavy atom. The van der Waals surface area contributed by atoms with E-state index in [-0.39, 0.29) is 24.2 Å². The van der Waals surface area contributed by atoms with Crippen LogP contribution in [0.15, 0.2) is 48.5 Å². The molecular weight excluding hydrogens is 398 g/mol. The van der Waals surface area contributed by atoms with Crippen LogP contribution in [0.1, 0.15) is 24.4 Å². The van der Waals surface area contributed by atoms with E-state index in [4.69, 9.17) is 11.6 Å². The number of hydrogen-bond donors (Lipinski definition) is 0. The van der Waals surface area contributed by atoms with Crippen molar-refractivity contribution in [2.75, 3.05) is 13.3 Å². The van der Waals surface area contributed by atoms with Gasteiger partial charge in [-0.1, -0.05) is 35.9 Å². The number of likely N-dealkylation sites (N-methyl/N-ethyl adjacent to an activating group) is 1. The van der Waals surface area contributed by atoms with E-state index >= 15 is 0 Å². The molecule has 0 aliphatic heterocycles. The summed E-state index contributed by atoms with van der Waals surface area (Å²) in [5.74, 6) is 0.00995. The number of amides is 1. The van der Waals surface area contributed by atoms with Crippen molar-refractivity contribution < 1.29 is 13.2 Å². The first-order valence-electron chi connectivity index (χ1n) is 8.78. The summed E-state index contributed by atoms with van der Waals surface area (Å²) in [5.41, 5.74) is 2.37. The first-order chi connectivity index (χ1) is 13.2. The van der Waals surface area contributed by atoms with E-state index in [0.29, 0.717) is 16.4 Å². The molecule has 148 valence electrons. The molecule has 1 atom stereocenters. The second-order valence-corrected chi connectivity index (χ2v) is 9.48. The molecule has 1 aromatic heterocycles. The molecule has 1 unspecified atom stereocenters. The van der Waals surface area contributed by atoms with E-state index in [2.05, 4.69) is 4.98 Å². The molecule has 0 bridgehead atoms. The fourth-order valence-corrected chi connectivity index (χ4v) is 3.89. The highest BCUT2D eigenvalue weighted by atomic mass is 35.5. The summed E-state index contributed by atoms with van der Waals surface area (Å²) in [6.45, 7) is 1.95. The van der Waals surface area contributed by atoms with Crippen LogP contribution in [0, 0.1) is 0 Å². The molecule has 0 radical (unpaired) electrons. The number of imidazole rings is 1. The summed E-state index contributed by atoms with van der Waals surface area (Å²) in [7, 11) is -1.55. The molecule has 1 amide bonds. The number of rotatable bonds is 6. The predicted molar refractivity (Wildman–Crippen MR) is 111 cm³/mol. The quantitative estimate of drug-likeness (QED) is 0.613. The molecule has 8 heteroatoms. The molecule has 3 rings (SSSR count). The van der Waals surface area contributed by atoms with Crippen molar-refractivity contribution in [2.24, 2.45) is 0 Å². The first-order valence-corrected chi connectivity index (χ1v) is 11.2. The van der Waals surface area contributed by atoms with Crippen LogP contribution >= 0.6 is 11.6 Å². The minimum atomic E-state index is -3.29. The van der Waals surface area contributed by atoms with Gasteiger partial charge in [-0.2, -0.15) is 0 Å². The zero-order valence-electron chi connectivity index (χ0n) is 16.0. The molecular formula is C20H22ClN3O3S. The van der Waals surface area contributed by atoms with Gasteiger partial charge in [-0.05, 0) is 36.8 Å².